The van der Waals surface area contributed by atoms with Crippen molar-refractivity contribution >= 4 is 11.9 Å². The molecular weight excluding hydrogens is 398 g/mol. The van der Waals surface area contributed by atoms with Gasteiger partial charge >= 0.3 is 11.8 Å². The standard InChI is InChI=1S/C20H25NO9/c1-3-27-19(25)14-6-4-13(5-7-14)10-15(18(23)24)8-9-17(22)21-28-11-16-12(2)29-20(26)30-16/h4-7,15,19,25H,3,8-11H2,1-2H3,(H,21,22)(H,23,24). The molecule has 0 spiro atoms. The lowest BCUT2D eigenvalue weighted by Crippen LogP contribution is -2.26. The minimum absolute atomic E-state index is 0.0631. The number of carbonyl (C=O) groups excluding carboxylic acids is 1. The van der Waals surface area contributed by atoms with Crippen LogP contribution >= 0.6 is 0 Å². The third kappa shape index (κ3) is 7.14. The Kier molecular flexibility index (Phi) is 8.78. The van der Waals surface area contributed by atoms with E-state index in [-0.39, 0.29) is 37.4 Å². The number of ether oxygens (including phenoxy) is 1. The van der Waals surface area contributed by atoms with Crippen molar-refractivity contribution in [2.75, 3.05) is 6.61 Å². The highest BCUT2D eigenvalue weighted by atomic mass is 16.7. The van der Waals surface area contributed by atoms with Gasteiger partial charge in [-0.2, -0.15) is 0 Å². The number of hydrogen-bond donors (Lipinski definition) is 3. The molecule has 10 heteroatoms. The van der Waals surface area contributed by atoms with Crippen LogP contribution in [0.5, 0.6) is 0 Å². The van der Waals surface area contributed by atoms with Crippen molar-refractivity contribution in [2.45, 2.75) is 46.0 Å². The Bertz CT molecular complexity index is 884. The van der Waals surface area contributed by atoms with Crippen LogP contribution in [-0.4, -0.2) is 28.7 Å². The Balaban J connectivity index is 1.80. The van der Waals surface area contributed by atoms with E-state index in [0.717, 1.165) is 5.56 Å². The summed E-state index contributed by atoms with van der Waals surface area (Å²) in [6.45, 7) is 3.47. The molecular formula is C20H25NO9. The zero-order valence-corrected chi connectivity index (χ0v) is 16.8. The first-order valence-electron chi connectivity index (χ1n) is 9.41. The van der Waals surface area contributed by atoms with E-state index in [1.807, 2.05) is 0 Å². The SMILES string of the molecule is CCOC(O)c1ccc(CC(CCC(=O)NOCc2oc(=O)oc2C)C(=O)O)cc1. The summed E-state index contributed by atoms with van der Waals surface area (Å²) in [5.74, 6) is -2.74. The molecule has 164 valence electrons. The van der Waals surface area contributed by atoms with Gasteiger partial charge in [0.2, 0.25) is 5.91 Å². The van der Waals surface area contributed by atoms with Gasteiger partial charge in [-0.3, -0.25) is 14.4 Å². The molecule has 0 saturated heterocycles. The second kappa shape index (κ2) is 11.3. The largest absolute Gasteiger partial charge is 0.519 e. The zero-order chi connectivity index (χ0) is 22.1. The van der Waals surface area contributed by atoms with Crippen molar-refractivity contribution in [2.24, 2.45) is 5.92 Å². The van der Waals surface area contributed by atoms with E-state index in [1.165, 1.54) is 6.92 Å². The van der Waals surface area contributed by atoms with Crippen molar-refractivity contribution in [1.29, 1.82) is 0 Å². The summed E-state index contributed by atoms with van der Waals surface area (Å²) < 4.78 is 14.5. The number of carbonyl (C=O) groups is 2. The van der Waals surface area contributed by atoms with E-state index in [0.29, 0.717) is 12.2 Å². The number of hydrogen-bond acceptors (Lipinski definition) is 8. The lowest BCUT2D eigenvalue weighted by atomic mass is 9.94. The Hall–Kier alpha value is -2.95. The Morgan fingerprint density at radius 2 is 1.90 bits per heavy atom. The molecule has 0 aliphatic heterocycles. The maximum absolute atomic E-state index is 11.9. The molecule has 1 amide bonds. The maximum atomic E-state index is 11.9. The molecule has 0 saturated carbocycles. The normalized spacial score (nSPS) is 13.0. The number of nitrogens with one attached hydrogen (secondary N) is 1. The van der Waals surface area contributed by atoms with Crippen molar-refractivity contribution in [1.82, 2.24) is 5.48 Å². The van der Waals surface area contributed by atoms with Gasteiger partial charge in [0.1, 0.15) is 12.4 Å². The van der Waals surface area contributed by atoms with Crippen LogP contribution in [0.1, 0.15) is 48.7 Å². The van der Waals surface area contributed by atoms with Gasteiger partial charge in [-0.05, 0) is 32.3 Å². The minimum atomic E-state index is -1.03. The first-order valence-corrected chi connectivity index (χ1v) is 9.41. The van der Waals surface area contributed by atoms with Crippen molar-refractivity contribution in [3.63, 3.8) is 0 Å². The summed E-state index contributed by atoms with van der Waals surface area (Å²) in [5, 5.41) is 19.2. The van der Waals surface area contributed by atoms with Crippen LogP contribution in [0, 0.1) is 12.8 Å². The summed E-state index contributed by atoms with van der Waals surface area (Å²) >= 11 is 0. The van der Waals surface area contributed by atoms with Crippen molar-refractivity contribution < 1.29 is 38.2 Å². The molecule has 30 heavy (non-hydrogen) atoms. The fraction of sp³-hybridized carbons (Fsp3) is 0.450. The smallest absolute Gasteiger partial charge is 0.481 e. The number of aryl methyl sites for hydroxylation is 1. The minimum Gasteiger partial charge on any atom is -0.481 e. The molecule has 1 heterocycles. The number of carboxylic acids is 1. The van der Waals surface area contributed by atoms with Crippen LogP contribution < -0.4 is 11.3 Å². The van der Waals surface area contributed by atoms with Crippen LogP contribution in [0.25, 0.3) is 0 Å². The number of aliphatic hydroxyl groups excluding tert-OH is 1. The van der Waals surface area contributed by atoms with Gasteiger partial charge in [0.25, 0.3) is 0 Å². The number of hydroxylamine groups is 1. The summed E-state index contributed by atoms with van der Waals surface area (Å²) in [4.78, 5) is 39.3. The number of amides is 1. The molecule has 2 aromatic rings. The van der Waals surface area contributed by atoms with E-state index in [4.69, 9.17) is 14.0 Å². The summed E-state index contributed by atoms with van der Waals surface area (Å²) in [6, 6.07) is 6.78. The predicted octanol–water partition coefficient (Wildman–Crippen LogP) is 1.84. The van der Waals surface area contributed by atoms with E-state index >= 15 is 0 Å². The average Bonchev–Trinajstić information content (AvgIpc) is 3.02. The highest BCUT2D eigenvalue weighted by Gasteiger charge is 2.20. The van der Waals surface area contributed by atoms with Gasteiger partial charge in [-0.15, -0.1) is 0 Å². The van der Waals surface area contributed by atoms with Gasteiger partial charge in [0.05, 0.1) is 5.92 Å². The quantitative estimate of drug-likeness (QED) is 0.343. The number of rotatable bonds is 12. The fourth-order valence-corrected chi connectivity index (χ4v) is 2.71. The van der Waals surface area contributed by atoms with Gasteiger partial charge in [0, 0.05) is 18.6 Å². The first kappa shape index (κ1) is 23.3. The molecule has 0 aliphatic rings. The summed E-state index contributed by atoms with van der Waals surface area (Å²) in [5.41, 5.74) is 3.52. The monoisotopic (exact) mass is 423 g/mol. The number of carboxylic acid groups (broad SMARTS) is 1. The first-order chi connectivity index (χ1) is 14.3. The van der Waals surface area contributed by atoms with Crippen LogP contribution in [0.15, 0.2) is 37.9 Å². The molecule has 0 radical (unpaired) electrons. The van der Waals surface area contributed by atoms with E-state index in [1.54, 1.807) is 31.2 Å². The maximum Gasteiger partial charge on any atom is 0.519 e. The molecule has 2 rings (SSSR count). The van der Waals surface area contributed by atoms with E-state index in [9.17, 15) is 24.6 Å². The number of benzene rings is 1. The Morgan fingerprint density at radius 1 is 1.20 bits per heavy atom. The van der Waals surface area contributed by atoms with Crippen molar-refractivity contribution in [3.8, 4) is 0 Å². The third-order valence-corrected chi connectivity index (χ3v) is 4.37. The number of aliphatic carboxylic acids is 1. The van der Waals surface area contributed by atoms with Crippen molar-refractivity contribution in [3.05, 3.63) is 57.5 Å². The summed E-state index contributed by atoms with van der Waals surface area (Å²) in [6.07, 6.45) is -0.754. The lowest BCUT2D eigenvalue weighted by Gasteiger charge is -2.14. The Morgan fingerprint density at radius 3 is 2.47 bits per heavy atom. The molecule has 0 fully saturated rings. The van der Waals surface area contributed by atoms with E-state index in [2.05, 4.69) is 9.90 Å². The van der Waals surface area contributed by atoms with Gasteiger partial charge in [-0.1, -0.05) is 24.3 Å². The highest BCUT2D eigenvalue weighted by molar-refractivity contribution is 5.76. The van der Waals surface area contributed by atoms with Gasteiger partial charge in [0.15, 0.2) is 12.1 Å². The molecule has 3 N–H and O–H groups in total. The summed E-state index contributed by atoms with van der Waals surface area (Å²) in [7, 11) is 0. The molecule has 0 bridgehead atoms. The molecule has 2 atom stereocenters. The fourth-order valence-electron chi connectivity index (χ4n) is 2.71. The highest BCUT2D eigenvalue weighted by Crippen LogP contribution is 2.19. The molecule has 1 aromatic carbocycles. The average molecular weight is 423 g/mol. The van der Waals surface area contributed by atoms with Crippen LogP contribution in [0.2, 0.25) is 0 Å². The number of aliphatic hydroxyl groups is 1. The topological polar surface area (TPSA) is 148 Å². The molecule has 2 unspecified atom stereocenters. The molecule has 10 nitrogen and oxygen atoms in total. The third-order valence-electron chi connectivity index (χ3n) is 4.37. The van der Waals surface area contributed by atoms with E-state index < -0.39 is 29.9 Å². The predicted molar refractivity (Wildman–Crippen MR) is 102 cm³/mol. The second-order valence-corrected chi connectivity index (χ2v) is 6.57. The van der Waals surface area contributed by atoms with Gasteiger partial charge in [-0.25, -0.2) is 10.3 Å². The Labute approximate surface area is 172 Å². The van der Waals surface area contributed by atoms with Gasteiger partial charge < -0.3 is 23.8 Å². The van der Waals surface area contributed by atoms with Crippen LogP contribution in [0.4, 0.5) is 0 Å². The van der Waals surface area contributed by atoms with Crippen LogP contribution in [-0.2, 0) is 32.2 Å². The zero-order valence-electron chi connectivity index (χ0n) is 16.8. The van der Waals surface area contributed by atoms with Crippen LogP contribution in [0.3, 0.4) is 0 Å². The second-order valence-electron chi connectivity index (χ2n) is 6.57. The molecule has 0 aliphatic carbocycles. The lowest BCUT2D eigenvalue weighted by molar-refractivity contribution is -0.142. The molecule has 1 aromatic heterocycles.